The van der Waals surface area contributed by atoms with E-state index in [0.29, 0.717) is 5.76 Å². The molecule has 1 unspecified atom stereocenters. The smallest absolute Gasteiger partial charge is 0.273 e. The van der Waals surface area contributed by atoms with Crippen molar-refractivity contribution in [2.75, 3.05) is 0 Å². The normalized spacial score (nSPS) is 14.5. The SMILES string of the molecule is CC(NC(=O)c1cc(-c2ccncc2)on1)c1ccc2c(c1)CCCC2. The second-order valence-electron chi connectivity index (χ2n) is 6.74. The van der Waals surface area contributed by atoms with Crippen LogP contribution >= 0.6 is 0 Å². The van der Waals surface area contributed by atoms with Crippen molar-refractivity contribution in [2.24, 2.45) is 0 Å². The van der Waals surface area contributed by atoms with Gasteiger partial charge in [-0.15, -0.1) is 0 Å². The van der Waals surface area contributed by atoms with Crippen LogP contribution in [0.2, 0.25) is 0 Å². The molecular weight excluding hydrogens is 326 g/mol. The summed E-state index contributed by atoms with van der Waals surface area (Å²) >= 11 is 0. The average molecular weight is 347 g/mol. The number of carbonyl (C=O) groups is 1. The Morgan fingerprint density at radius 1 is 1.08 bits per heavy atom. The summed E-state index contributed by atoms with van der Waals surface area (Å²) < 4.78 is 5.29. The van der Waals surface area contributed by atoms with Crippen molar-refractivity contribution in [1.29, 1.82) is 0 Å². The van der Waals surface area contributed by atoms with Crippen LogP contribution in [0.15, 0.2) is 53.3 Å². The number of amides is 1. The third-order valence-corrected chi connectivity index (χ3v) is 4.93. The van der Waals surface area contributed by atoms with Crippen molar-refractivity contribution >= 4 is 5.91 Å². The second-order valence-corrected chi connectivity index (χ2v) is 6.74. The van der Waals surface area contributed by atoms with Crippen LogP contribution in [0.5, 0.6) is 0 Å². The molecule has 1 amide bonds. The summed E-state index contributed by atoms with van der Waals surface area (Å²) in [5.74, 6) is 0.318. The predicted molar refractivity (Wildman–Crippen MR) is 98.7 cm³/mol. The van der Waals surface area contributed by atoms with Crippen LogP contribution in [0.3, 0.4) is 0 Å². The van der Waals surface area contributed by atoms with Gasteiger partial charge in [0.25, 0.3) is 5.91 Å². The molecule has 5 nitrogen and oxygen atoms in total. The highest BCUT2D eigenvalue weighted by Gasteiger charge is 2.18. The first-order valence-electron chi connectivity index (χ1n) is 9.00. The van der Waals surface area contributed by atoms with Crippen molar-refractivity contribution in [1.82, 2.24) is 15.5 Å². The number of hydrogen-bond acceptors (Lipinski definition) is 4. The number of nitrogens with one attached hydrogen (secondary N) is 1. The molecule has 26 heavy (non-hydrogen) atoms. The van der Waals surface area contributed by atoms with Crippen molar-refractivity contribution in [3.05, 3.63) is 71.2 Å². The van der Waals surface area contributed by atoms with Crippen molar-refractivity contribution in [3.63, 3.8) is 0 Å². The van der Waals surface area contributed by atoms with Gasteiger partial charge in [0, 0.05) is 24.0 Å². The number of pyridine rings is 1. The van der Waals surface area contributed by atoms with Crippen LogP contribution in [0, 0.1) is 0 Å². The second kappa shape index (κ2) is 7.12. The average Bonchev–Trinajstić information content (AvgIpc) is 3.18. The number of hydrogen-bond donors (Lipinski definition) is 1. The molecule has 1 N–H and O–H groups in total. The Kier molecular flexibility index (Phi) is 4.52. The molecule has 0 fully saturated rings. The van der Waals surface area contributed by atoms with Crippen molar-refractivity contribution in [3.8, 4) is 11.3 Å². The first-order chi connectivity index (χ1) is 12.7. The fourth-order valence-electron chi connectivity index (χ4n) is 3.41. The van der Waals surface area contributed by atoms with Gasteiger partial charge in [0.1, 0.15) is 0 Å². The highest BCUT2D eigenvalue weighted by Crippen LogP contribution is 2.25. The maximum Gasteiger partial charge on any atom is 0.273 e. The summed E-state index contributed by atoms with van der Waals surface area (Å²) in [6.45, 7) is 1.99. The summed E-state index contributed by atoms with van der Waals surface area (Å²) in [5, 5.41) is 6.91. The number of aryl methyl sites for hydroxylation is 2. The number of rotatable bonds is 4. The Bertz CT molecular complexity index is 918. The molecule has 132 valence electrons. The number of nitrogens with zero attached hydrogens (tertiary/aromatic N) is 2. The molecule has 0 aliphatic heterocycles. The number of fused-ring (bicyclic) bond motifs is 1. The van der Waals surface area contributed by atoms with E-state index < -0.39 is 0 Å². The van der Waals surface area contributed by atoms with Gasteiger partial charge in [-0.25, -0.2) is 0 Å². The quantitative estimate of drug-likeness (QED) is 0.771. The van der Waals surface area contributed by atoms with Crippen molar-refractivity contribution < 1.29 is 9.32 Å². The molecule has 5 heteroatoms. The monoisotopic (exact) mass is 347 g/mol. The molecule has 2 aromatic heterocycles. The van der Waals surface area contributed by atoms with E-state index >= 15 is 0 Å². The predicted octanol–water partition coefficient (Wildman–Crippen LogP) is 4.11. The Balaban J connectivity index is 1.47. The lowest BCUT2D eigenvalue weighted by Gasteiger charge is -2.19. The van der Waals surface area contributed by atoms with Crippen molar-refractivity contribution in [2.45, 2.75) is 38.6 Å². The molecule has 0 spiro atoms. The van der Waals surface area contributed by atoms with Crippen LogP contribution in [0.4, 0.5) is 0 Å². The van der Waals surface area contributed by atoms with E-state index in [2.05, 4.69) is 33.7 Å². The van der Waals surface area contributed by atoms with E-state index in [1.807, 2.05) is 19.1 Å². The Morgan fingerprint density at radius 2 is 1.85 bits per heavy atom. The molecule has 0 saturated carbocycles. The summed E-state index contributed by atoms with van der Waals surface area (Å²) in [6, 6.07) is 11.7. The molecule has 2 heterocycles. The number of benzene rings is 1. The van der Waals surface area contributed by atoms with Gasteiger partial charge in [0.15, 0.2) is 11.5 Å². The molecule has 0 saturated heterocycles. The Labute approximate surface area is 152 Å². The van der Waals surface area contributed by atoms with Gasteiger partial charge in [0.05, 0.1) is 6.04 Å². The van der Waals surface area contributed by atoms with Crippen LogP contribution in [-0.2, 0) is 12.8 Å². The van der Waals surface area contributed by atoms with Gasteiger partial charge in [-0.1, -0.05) is 23.4 Å². The van der Waals surface area contributed by atoms with Crippen LogP contribution in [0.25, 0.3) is 11.3 Å². The highest BCUT2D eigenvalue weighted by molar-refractivity contribution is 5.93. The van der Waals surface area contributed by atoms with Gasteiger partial charge >= 0.3 is 0 Å². The lowest BCUT2D eigenvalue weighted by molar-refractivity contribution is 0.0931. The zero-order chi connectivity index (χ0) is 17.9. The first kappa shape index (κ1) is 16.5. The van der Waals surface area contributed by atoms with E-state index in [0.717, 1.165) is 24.0 Å². The summed E-state index contributed by atoms with van der Waals surface area (Å²) in [6.07, 6.45) is 8.15. The third-order valence-electron chi connectivity index (χ3n) is 4.93. The topological polar surface area (TPSA) is 68.0 Å². The maximum absolute atomic E-state index is 12.5. The van der Waals surface area contributed by atoms with E-state index in [1.165, 1.54) is 24.0 Å². The fourth-order valence-corrected chi connectivity index (χ4v) is 3.41. The minimum Gasteiger partial charge on any atom is -0.355 e. The molecule has 1 aromatic carbocycles. The maximum atomic E-state index is 12.5. The van der Waals surface area contributed by atoms with Gasteiger partial charge in [-0.3, -0.25) is 9.78 Å². The van der Waals surface area contributed by atoms with Gasteiger partial charge in [0.2, 0.25) is 0 Å². The van der Waals surface area contributed by atoms with Gasteiger partial charge in [-0.05, 0) is 61.4 Å². The molecule has 3 aromatic rings. The Morgan fingerprint density at radius 3 is 2.65 bits per heavy atom. The van der Waals surface area contributed by atoms with Gasteiger partial charge < -0.3 is 9.84 Å². The minimum absolute atomic E-state index is 0.0872. The molecule has 1 aliphatic carbocycles. The third kappa shape index (κ3) is 3.38. The largest absolute Gasteiger partial charge is 0.355 e. The number of carbonyl (C=O) groups excluding carboxylic acids is 1. The summed E-state index contributed by atoms with van der Waals surface area (Å²) in [7, 11) is 0. The zero-order valence-corrected chi connectivity index (χ0v) is 14.7. The number of aromatic nitrogens is 2. The molecule has 1 aliphatic rings. The highest BCUT2D eigenvalue weighted by atomic mass is 16.5. The van der Waals surface area contributed by atoms with E-state index in [1.54, 1.807) is 18.5 Å². The molecule has 4 rings (SSSR count). The van der Waals surface area contributed by atoms with E-state index in [9.17, 15) is 4.79 Å². The lowest BCUT2D eigenvalue weighted by atomic mass is 9.89. The molecule has 0 radical (unpaired) electrons. The van der Waals surface area contributed by atoms with Crippen LogP contribution in [0.1, 0.15) is 53.0 Å². The van der Waals surface area contributed by atoms with Crippen LogP contribution < -0.4 is 5.32 Å². The standard InChI is InChI=1S/C21H21N3O2/c1-14(17-7-6-15-4-2-3-5-18(15)12-17)23-21(25)19-13-20(26-24-19)16-8-10-22-11-9-16/h6-14H,2-5H2,1H3,(H,23,25). The van der Waals surface area contributed by atoms with E-state index in [-0.39, 0.29) is 17.6 Å². The molecular formula is C21H21N3O2. The summed E-state index contributed by atoms with van der Waals surface area (Å²) in [4.78, 5) is 16.5. The minimum atomic E-state index is -0.237. The summed E-state index contributed by atoms with van der Waals surface area (Å²) in [5.41, 5.74) is 5.10. The molecule has 1 atom stereocenters. The van der Waals surface area contributed by atoms with Crippen LogP contribution in [-0.4, -0.2) is 16.0 Å². The fraction of sp³-hybridized carbons (Fsp3) is 0.286. The first-order valence-corrected chi connectivity index (χ1v) is 9.00. The van der Waals surface area contributed by atoms with E-state index in [4.69, 9.17) is 4.52 Å². The Hall–Kier alpha value is -2.95. The lowest BCUT2D eigenvalue weighted by Crippen LogP contribution is -2.27. The zero-order valence-electron chi connectivity index (χ0n) is 14.7. The van der Waals surface area contributed by atoms with Gasteiger partial charge in [-0.2, -0.15) is 0 Å². The molecule has 0 bridgehead atoms.